The number of carbonyl (C=O) groups excluding carboxylic acids is 1. The van der Waals surface area contributed by atoms with Crippen LogP contribution < -0.4 is 0 Å². The highest BCUT2D eigenvalue weighted by molar-refractivity contribution is 5.74. The predicted molar refractivity (Wildman–Crippen MR) is 56.6 cm³/mol. The number of nitrogens with zero attached hydrogens (tertiary/aromatic N) is 2. The lowest BCUT2D eigenvalue weighted by molar-refractivity contribution is -0.310. The predicted octanol–water partition coefficient (Wildman–Crippen LogP) is 0.659. The number of alkyl halides is 3. The lowest BCUT2D eigenvalue weighted by Gasteiger charge is -2.49. The van der Waals surface area contributed by atoms with Crippen LogP contribution in [-0.2, 0) is 14.4 Å². The molecule has 0 unspecified atom stereocenters. The summed E-state index contributed by atoms with van der Waals surface area (Å²) in [4.78, 5) is 17.6. The number of halogens is 3. The van der Waals surface area contributed by atoms with Gasteiger partial charge in [-0.3, -0.25) is 14.5 Å². The van der Waals surface area contributed by atoms with Crippen LogP contribution in [0.1, 0.15) is 6.42 Å². The standard InChI is InChI=1S/C10H17F3N2O3/c1-14(18-3)8(16)4-5-15-6-9(7-15,17-2)10(11,12)13/h4-7H2,1-3H3. The number of rotatable bonds is 5. The van der Waals surface area contributed by atoms with Gasteiger partial charge in [0.15, 0.2) is 5.60 Å². The molecule has 8 heteroatoms. The first kappa shape index (κ1) is 15.2. The van der Waals surface area contributed by atoms with Gasteiger partial charge in [0.05, 0.1) is 7.11 Å². The van der Waals surface area contributed by atoms with E-state index in [9.17, 15) is 18.0 Å². The van der Waals surface area contributed by atoms with Crippen molar-refractivity contribution in [1.29, 1.82) is 0 Å². The van der Waals surface area contributed by atoms with Crippen LogP contribution in [0.3, 0.4) is 0 Å². The average molecular weight is 270 g/mol. The Kier molecular flexibility index (Phi) is 4.57. The van der Waals surface area contributed by atoms with Gasteiger partial charge in [-0.05, 0) is 0 Å². The maximum absolute atomic E-state index is 12.7. The van der Waals surface area contributed by atoms with Crippen molar-refractivity contribution in [3.63, 3.8) is 0 Å². The lowest BCUT2D eigenvalue weighted by Crippen LogP contribution is -2.70. The molecular formula is C10H17F3N2O3. The fourth-order valence-corrected chi connectivity index (χ4v) is 1.77. The van der Waals surface area contributed by atoms with Crippen molar-refractivity contribution in [2.75, 3.05) is 40.9 Å². The van der Waals surface area contributed by atoms with Crippen molar-refractivity contribution in [2.45, 2.75) is 18.2 Å². The van der Waals surface area contributed by atoms with Gasteiger partial charge in [-0.1, -0.05) is 0 Å². The first-order valence-corrected chi connectivity index (χ1v) is 5.40. The monoisotopic (exact) mass is 270 g/mol. The molecule has 0 bridgehead atoms. The molecule has 0 aromatic rings. The normalized spacial score (nSPS) is 19.4. The Morgan fingerprint density at radius 3 is 2.33 bits per heavy atom. The largest absolute Gasteiger partial charge is 0.419 e. The molecule has 1 saturated heterocycles. The molecule has 0 aromatic heterocycles. The Balaban J connectivity index is 2.37. The van der Waals surface area contributed by atoms with Gasteiger partial charge in [-0.15, -0.1) is 0 Å². The second-order valence-electron chi connectivity index (χ2n) is 4.23. The topological polar surface area (TPSA) is 42.0 Å². The highest BCUT2D eigenvalue weighted by Gasteiger charge is 2.62. The molecule has 0 atom stereocenters. The molecule has 1 aliphatic rings. The van der Waals surface area contributed by atoms with Gasteiger partial charge < -0.3 is 4.74 Å². The summed E-state index contributed by atoms with van der Waals surface area (Å²) < 4.78 is 42.6. The second kappa shape index (κ2) is 5.41. The summed E-state index contributed by atoms with van der Waals surface area (Å²) in [7, 11) is 3.85. The molecule has 0 aliphatic carbocycles. The third-order valence-electron chi connectivity index (χ3n) is 3.13. The summed E-state index contributed by atoms with van der Waals surface area (Å²) >= 11 is 0. The molecular weight excluding hydrogens is 253 g/mol. The van der Waals surface area contributed by atoms with E-state index in [0.29, 0.717) is 0 Å². The van der Waals surface area contributed by atoms with Crippen LogP contribution >= 0.6 is 0 Å². The van der Waals surface area contributed by atoms with Crippen LogP contribution in [-0.4, -0.2) is 68.5 Å². The van der Waals surface area contributed by atoms with Crippen LogP contribution in [0.25, 0.3) is 0 Å². The number of methoxy groups -OCH3 is 1. The van der Waals surface area contributed by atoms with Crippen LogP contribution in [0, 0.1) is 0 Å². The van der Waals surface area contributed by atoms with Gasteiger partial charge in [0.25, 0.3) is 0 Å². The van der Waals surface area contributed by atoms with E-state index in [1.165, 1.54) is 19.1 Å². The molecule has 1 heterocycles. The molecule has 1 amide bonds. The molecule has 0 saturated carbocycles. The smallest absolute Gasteiger partial charge is 0.366 e. The minimum atomic E-state index is -4.38. The van der Waals surface area contributed by atoms with Crippen molar-refractivity contribution in [1.82, 2.24) is 9.96 Å². The Labute approximate surface area is 103 Å². The number of ether oxygens (including phenoxy) is 1. The molecule has 106 valence electrons. The summed E-state index contributed by atoms with van der Waals surface area (Å²) in [5.41, 5.74) is -2.08. The Hall–Kier alpha value is -0.860. The summed E-state index contributed by atoms with van der Waals surface area (Å²) in [5, 5.41) is 1.05. The molecule has 0 spiro atoms. The highest BCUT2D eigenvalue weighted by Crippen LogP contribution is 2.40. The van der Waals surface area contributed by atoms with E-state index in [4.69, 9.17) is 0 Å². The van der Waals surface area contributed by atoms with Crippen molar-refractivity contribution in [3.8, 4) is 0 Å². The first-order chi connectivity index (χ1) is 8.25. The third-order valence-corrected chi connectivity index (χ3v) is 3.13. The summed E-state index contributed by atoms with van der Waals surface area (Å²) in [6.07, 6.45) is -4.27. The number of hydrogen-bond donors (Lipinski definition) is 0. The molecule has 0 radical (unpaired) electrons. The van der Waals surface area contributed by atoms with E-state index in [2.05, 4.69) is 9.57 Å². The zero-order valence-corrected chi connectivity index (χ0v) is 10.6. The van der Waals surface area contributed by atoms with E-state index < -0.39 is 11.8 Å². The Morgan fingerprint density at radius 2 is 1.94 bits per heavy atom. The first-order valence-electron chi connectivity index (χ1n) is 5.40. The van der Waals surface area contributed by atoms with Crippen LogP contribution in [0.15, 0.2) is 0 Å². The third kappa shape index (κ3) is 2.93. The van der Waals surface area contributed by atoms with Gasteiger partial charge >= 0.3 is 6.18 Å². The van der Waals surface area contributed by atoms with Gasteiger partial charge in [-0.25, -0.2) is 5.06 Å². The highest BCUT2D eigenvalue weighted by atomic mass is 19.4. The van der Waals surface area contributed by atoms with E-state index in [1.807, 2.05) is 0 Å². The van der Waals surface area contributed by atoms with E-state index in [0.717, 1.165) is 12.2 Å². The zero-order chi connectivity index (χ0) is 14.0. The maximum Gasteiger partial charge on any atom is 0.419 e. The van der Waals surface area contributed by atoms with Crippen molar-refractivity contribution in [3.05, 3.63) is 0 Å². The molecule has 5 nitrogen and oxygen atoms in total. The summed E-state index contributed by atoms with van der Waals surface area (Å²) in [6, 6.07) is 0. The zero-order valence-electron chi connectivity index (χ0n) is 10.6. The number of amides is 1. The van der Waals surface area contributed by atoms with Gasteiger partial charge in [-0.2, -0.15) is 13.2 Å². The lowest BCUT2D eigenvalue weighted by atomic mass is 9.93. The summed E-state index contributed by atoms with van der Waals surface area (Å²) in [5.74, 6) is -0.278. The number of likely N-dealkylation sites (tertiary alicyclic amines) is 1. The second-order valence-corrected chi connectivity index (χ2v) is 4.23. The van der Waals surface area contributed by atoms with Crippen molar-refractivity contribution < 1.29 is 27.5 Å². The van der Waals surface area contributed by atoms with Gasteiger partial charge in [0.2, 0.25) is 5.91 Å². The summed E-state index contributed by atoms with van der Waals surface area (Å²) in [6.45, 7) is -0.221. The minimum Gasteiger partial charge on any atom is -0.366 e. The molecule has 0 aromatic carbocycles. The Bertz CT molecular complexity index is 303. The van der Waals surface area contributed by atoms with Crippen LogP contribution in [0.4, 0.5) is 13.2 Å². The van der Waals surface area contributed by atoms with Crippen LogP contribution in [0.2, 0.25) is 0 Å². The maximum atomic E-state index is 12.7. The molecule has 0 N–H and O–H groups in total. The van der Waals surface area contributed by atoms with E-state index in [-0.39, 0.29) is 32.0 Å². The number of hydroxylamine groups is 2. The van der Waals surface area contributed by atoms with E-state index in [1.54, 1.807) is 0 Å². The molecule has 1 aliphatic heterocycles. The molecule has 1 fully saturated rings. The number of carbonyl (C=O) groups is 1. The fourth-order valence-electron chi connectivity index (χ4n) is 1.77. The van der Waals surface area contributed by atoms with E-state index >= 15 is 0 Å². The minimum absolute atomic E-state index is 0.113. The molecule has 1 rings (SSSR count). The van der Waals surface area contributed by atoms with Crippen LogP contribution in [0.5, 0.6) is 0 Å². The van der Waals surface area contributed by atoms with Crippen molar-refractivity contribution >= 4 is 5.91 Å². The fraction of sp³-hybridized carbons (Fsp3) is 0.900. The average Bonchev–Trinajstić information content (AvgIpc) is 2.24. The quantitative estimate of drug-likeness (QED) is 0.688. The molecule has 18 heavy (non-hydrogen) atoms. The SMILES string of the molecule is CON(C)C(=O)CCN1CC(OC)(C(F)(F)F)C1. The Morgan fingerprint density at radius 1 is 1.39 bits per heavy atom. The van der Waals surface area contributed by atoms with Crippen molar-refractivity contribution in [2.24, 2.45) is 0 Å². The van der Waals surface area contributed by atoms with Gasteiger partial charge in [0, 0.05) is 40.2 Å². The van der Waals surface area contributed by atoms with Gasteiger partial charge in [0.1, 0.15) is 0 Å². The number of hydrogen-bond acceptors (Lipinski definition) is 4.